The smallest absolute Gasteiger partial charge is 0.0867 e. The molecule has 2 unspecified atom stereocenters. The lowest BCUT2D eigenvalue weighted by Gasteiger charge is -2.31. The van der Waals surface area contributed by atoms with Gasteiger partial charge in [0.15, 0.2) is 0 Å². The first-order chi connectivity index (χ1) is 6.09. The Morgan fingerprint density at radius 2 is 2.31 bits per heavy atom. The minimum atomic E-state index is -0.711. The van der Waals surface area contributed by atoms with Gasteiger partial charge >= 0.3 is 0 Å². The highest BCUT2D eigenvalue weighted by Crippen LogP contribution is 2.21. The van der Waals surface area contributed by atoms with E-state index in [-0.39, 0.29) is 0 Å². The third-order valence-electron chi connectivity index (χ3n) is 2.95. The number of aliphatic hydroxyl groups is 1. The van der Waals surface area contributed by atoms with E-state index in [9.17, 15) is 5.11 Å². The molecule has 0 aliphatic carbocycles. The monoisotopic (exact) mass is 186 g/mol. The summed E-state index contributed by atoms with van der Waals surface area (Å²) in [5.74, 6) is 0. The van der Waals surface area contributed by atoms with Crippen LogP contribution in [-0.4, -0.2) is 41.3 Å². The number of hydrogen-bond acceptors (Lipinski definition) is 3. The Labute approximate surface area is 80.9 Å². The van der Waals surface area contributed by atoms with Gasteiger partial charge in [0.1, 0.15) is 0 Å². The van der Waals surface area contributed by atoms with Crippen molar-refractivity contribution in [1.29, 1.82) is 0 Å². The topological polar surface area (TPSA) is 49.5 Å². The largest absolute Gasteiger partial charge is 0.388 e. The van der Waals surface area contributed by atoms with Crippen molar-refractivity contribution in [3.63, 3.8) is 0 Å². The number of nitrogens with zero attached hydrogens (tertiary/aromatic N) is 1. The Kier molecular flexibility index (Phi) is 3.71. The molecule has 3 nitrogen and oxygen atoms in total. The highest BCUT2D eigenvalue weighted by atomic mass is 16.3. The maximum absolute atomic E-state index is 9.83. The van der Waals surface area contributed by atoms with Gasteiger partial charge in [-0.25, -0.2) is 0 Å². The lowest BCUT2D eigenvalue weighted by Crippen LogP contribution is -2.47. The molecule has 3 heteroatoms. The highest BCUT2D eigenvalue weighted by molar-refractivity contribution is 4.85. The van der Waals surface area contributed by atoms with Crippen molar-refractivity contribution in [2.45, 2.75) is 44.8 Å². The Hall–Kier alpha value is -0.120. The second-order valence-electron chi connectivity index (χ2n) is 4.38. The SMILES string of the molecule is CCC1CCCN1CC(C)(O)CN. The molecular formula is C10H22N2O. The fourth-order valence-electron chi connectivity index (χ4n) is 2.07. The molecule has 3 N–H and O–H groups in total. The number of likely N-dealkylation sites (tertiary alicyclic amines) is 1. The van der Waals surface area contributed by atoms with Gasteiger partial charge in [0.05, 0.1) is 5.60 Å². The zero-order valence-electron chi connectivity index (χ0n) is 8.79. The normalized spacial score (nSPS) is 29.1. The molecule has 1 fully saturated rings. The van der Waals surface area contributed by atoms with Crippen molar-refractivity contribution in [3.05, 3.63) is 0 Å². The summed E-state index contributed by atoms with van der Waals surface area (Å²) in [5.41, 5.74) is 4.78. The van der Waals surface area contributed by atoms with E-state index in [1.165, 1.54) is 19.3 Å². The van der Waals surface area contributed by atoms with Crippen molar-refractivity contribution in [2.24, 2.45) is 5.73 Å². The third-order valence-corrected chi connectivity index (χ3v) is 2.95. The van der Waals surface area contributed by atoms with Gasteiger partial charge in [-0.15, -0.1) is 0 Å². The van der Waals surface area contributed by atoms with Gasteiger partial charge in [-0.2, -0.15) is 0 Å². The number of β-amino-alcohol motifs (C(OH)–C–C–N with tert-alkyl or cyclic N) is 1. The van der Waals surface area contributed by atoms with Gasteiger partial charge < -0.3 is 10.8 Å². The van der Waals surface area contributed by atoms with E-state index < -0.39 is 5.60 Å². The van der Waals surface area contributed by atoms with Crippen LogP contribution in [0.1, 0.15) is 33.1 Å². The molecule has 1 saturated heterocycles. The first kappa shape index (κ1) is 11.0. The summed E-state index contributed by atoms with van der Waals surface area (Å²) in [5, 5.41) is 9.83. The Bertz CT molecular complexity index is 159. The molecule has 0 aromatic rings. The molecular weight excluding hydrogens is 164 g/mol. The second kappa shape index (κ2) is 4.40. The number of rotatable bonds is 4. The third kappa shape index (κ3) is 2.93. The van der Waals surface area contributed by atoms with Crippen molar-refractivity contribution in [1.82, 2.24) is 4.90 Å². The van der Waals surface area contributed by atoms with Crippen LogP contribution >= 0.6 is 0 Å². The van der Waals surface area contributed by atoms with Crippen molar-refractivity contribution in [3.8, 4) is 0 Å². The Balaban J connectivity index is 2.43. The van der Waals surface area contributed by atoms with E-state index in [1.807, 2.05) is 6.92 Å². The van der Waals surface area contributed by atoms with Crippen LogP contribution in [0.15, 0.2) is 0 Å². The van der Waals surface area contributed by atoms with Gasteiger partial charge in [0, 0.05) is 19.1 Å². The van der Waals surface area contributed by atoms with Gasteiger partial charge in [0.25, 0.3) is 0 Å². The molecule has 78 valence electrons. The molecule has 0 aromatic heterocycles. The maximum Gasteiger partial charge on any atom is 0.0867 e. The zero-order chi connectivity index (χ0) is 9.90. The van der Waals surface area contributed by atoms with Gasteiger partial charge in [-0.1, -0.05) is 6.92 Å². The van der Waals surface area contributed by atoms with Crippen molar-refractivity contribution >= 4 is 0 Å². The van der Waals surface area contributed by atoms with Crippen LogP contribution in [0.3, 0.4) is 0 Å². The fraction of sp³-hybridized carbons (Fsp3) is 1.00. The molecule has 1 heterocycles. The van der Waals surface area contributed by atoms with Crippen LogP contribution in [0.25, 0.3) is 0 Å². The molecule has 1 rings (SSSR count). The van der Waals surface area contributed by atoms with Crippen LogP contribution in [0.4, 0.5) is 0 Å². The summed E-state index contributed by atoms with van der Waals surface area (Å²) in [6.45, 7) is 6.22. The quantitative estimate of drug-likeness (QED) is 0.675. The van der Waals surface area contributed by atoms with Crippen LogP contribution < -0.4 is 5.73 Å². The summed E-state index contributed by atoms with van der Waals surface area (Å²) in [6.07, 6.45) is 3.72. The lowest BCUT2D eigenvalue weighted by molar-refractivity contribution is 0.0229. The first-order valence-corrected chi connectivity index (χ1v) is 5.25. The molecule has 0 bridgehead atoms. The van der Waals surface area contributed by atoms with Crippen LogP contribution in [0.5, 0.6) is 0 Å². The van der Waals surface area contributed by atoms with E-state index >= 15 is 0 Å². The average Bonchev–Trinajstić information content (AvgIpc) is 2.51. The van der Waals surface area contributed by atoms with Crippen LogP contribution in [0.2, 0.25) is 0 Å². The van der Waals surface area contributed by atoms with Gasteiger partial charge in [0.2, 0.25) is 0 Å². The van der Waals surface area contributed by atoms with E-state index in [1.54, 1.807) is 0 Å². The number of nitrogens with two attached hydrogens (primary N) is 1. The molecule has 0 saturated carbocycles. The minimum absolute atomic E-state index is 0.347. The molecule has 0 spiro atoms. The molecule has 1 aliphatic rings. The summed E-state index contributed by atoms with van der Waals surface area (Å²) >= 11 is 0. The van der Waals surface area contributed by atoms with E-state index in [4.69, 9.17) is 5.73 Å². The maximum atomic E-state index is 9.83. The Morgan fingerprint density at radius 3 is 2.85 bits per heavy atom. The summed E-state index contributed by atoms with van der Waals surface area (Å²) in [4.78, 5) is 2.37. The lowest BCUT2D eigenvalue weighted by atomic mass is 10.1. The fourth-order valence-corrected chi connectivity index (χ4v) is 2.07. The number of hydrogen-bond donors (Lipinski definition) is 2. The molecule has 0 aromatic carbocycles. The molecule has 1 aliphatic heterocycles. The second-order valence-corrected chi connectivity index (χ2v) is 4.38. The molecule has 0 amide bonds. The predicted octanol–water partition coefficient (Wildman–Crippen LogP) is 0.571. The predicted molar refractivity (Wildman–Crippen MR) is 54.6 cm³/mol. The molecule has 0 radical (unpaired) electrons. The Morgan fingerprint density at radius 1 is 1.62 bits per heavy atom. The van der Waals surface area contributed by atoms with Crippen molar-refractivity contribution in [2.75, 3.05) is 19.6 Å². The van der Waals surface area contributed by atoms with Gasteiger partial charge in [-0.05, 0) is 32.7 Å². The molecule has 2 atom stereocenters. The van der Waals surface area contributed by atoms with Gasteiger partial charge in [-0.3, -0.25) is 4.90 Å². The van der Waals surface area contributed by atoms with E-state index in [0.29, 0.717) is 12.6 Å². The molecule has 13 heavy (non-hydrogen) atoms. The summed E-state index contributed by atoms with van der Waals surface area (Å²) in [7, 11) is 0. The highest BCUT2D eigenvalue weighted by Gasteiger charge is 2.29. The summed E-state index contributed by atoms with van der Waals surface area (Å²) < 4.78 is 0. The van der Waals surface area contributed by atoms with E-state index in [2.05, 4.69) is 11.8 Å². The van der Waals surface area contributed by atoms with E-state index in [0.717, 1.165) is 13.1 Å². The summed E-state index contributed by atoms with van der Waals surface area (Å²) in [6, 6.07) is 0.665. The minimum Gasteiger partial charge on any atom is -0.388 e. The van der Waals surface area contributed by atoms with Crippen molar-refractivity contribution < 1.29 is 5.11 Å². The van der Waals surface area contributed by atoms with Crippen LogP contribution in [0, 0.1) is 0 Å². The zero-order valence-corrected chi connectivity index (χ0v) is 8.79. The van der Waals surface area contributed by atoms with Crippen LogP contribution in [-0.2, 0) is 0 Å². The standard InChI is InChI=1S/C10H22N2O/c1-3-9-5-4-6-12(9)8-10(2,13)7-11/h9,13H,3-8,11H2,1-2H3. The average molecular weight is 186 g/mol. The first-order valence-electron chi connectivity index (χ1n) is 5.25.